The van der Waals surface area contributed by atoms with Crippen molar-refractivity contribution >= 4 is 40.9 Å². The van der Waals surface area contributed by atoms with Crippen LogP contribution in [0.4, 0.5) is 5.69 Å². The first-order valence-corrected chi connectivity index (χ1v) is 11.8. The van der Waals surface area contributed by atoms with E-state index in [9.17, 15) is 9.59 Å². The van der Waals surface area contributed by atoms with Crippen molar-refractivity contribution in [3.05, 3.63) is 77.1 Å². The fourth-order valence-corrected chi connectivity index (χ4v) is 3.81. The Balaban J connectivity index is 1.80. The van der Waals surface area contributed by atoms with Crippen LogP contribution in [-0.4, -0.2) is 40.7 Å². The predicted octanol–water partition coefficient (Wildman–Crippen LogP) is 4.62. The highest BCUT2D eigenvalue weighted by Crippen LogP contribution is 2.20. The topological polar surface area (TPSA) is 93.2 Å². The van der Waals surface area contributed by atoms with Gasteiger partial charge >= 0.3 is 0 Å². The molecule has 2 N–H and O–H groups in total. The van der Waals surface area contributed by atoms with Gasteiger partial charge in [0.05, 0.1) is 18.3 Å². The van der Waals surface area contributed by atoms with E-state index in [0.717, 1.165) is 17.7 Å². The summed E-state index contributed by atoms with van der Waals surface area (Å²) < 4.78 is 5.15. The lowest BCUT2D eigenvalue weighted by molar-refractivity contribution is -0.118. The third kappa shape index (κ3) is 7.20. The van der Waals surface area contributed by atoms with Crippen molar-refractivity contribution in [2.45, 2.75) is 31.0 Å². The van der Waals surface area contributed by atoms with Crippen molar-refractivity contribution < 1.29 is 14.3 Å². The zero-order chi connectivity index (χ0) is 23.6. The lowest BCUT2D eigenvalue weighted by Crippen LogP contribution is -2.45. The van der Waals surface area contributed by atoms with Crippen LogP contribution in [0, 0.1) is 0 Å². The third-order valence-electron chi connectivity index (χ3n) is 4.63. The number of halogens is 1. The molecule has 2 amide bonds. The molecule has 9 heteroatoms. The van der Waals surface area contributed by atoms with Gasteiger partial charge in [-0.05, 0) is 36.2 Å². The van der Waals surface area contributed by atoms with E-state index >= 15 is 0 Å². The molecular weight excluding hydrogens is 460 g/mol. The zero-order valence-corrected chi connectivity index (χ0v) is 19.9. The van der Waals surface area contributed by atoms with E-state index in [4.69, 9.17) is 16.3 Å². The summed E-state index contributed by atoms with van der Waals surface area (Å²) in [6.45, 7) is 2.05. The number of carbonyl (C=O) groups is 2. The van der Waals surface area contributed by atoms with E-state index in [0.29, 0.717) is 23.0 Å². The van der Waals surface area contributed by atoms with Gasteiger partial charge in [0.1, 0.15) is 11.8 Å². The van der Waals surface area contributed by atoms with Crippen molar-refractivity contribution in [2.75, 3.05) is 18.2 Å². The number of nitrogens with one attached hydrogen (secondary N) is 2. The predicted molar refractivity (Wildman–Crippen MR) is 131 cm³/mol. The number of carbonyl (C=O) groups excluding carboxylic acids is 2. The summed E-state index contributed by atoms with van der Waals surface area (Å²) in [5, 5.41) is 6.23. The van der Waals surface area contributed by atoms with E-state index in [1.807, 2.05) is 37.3 Å². The van der Waals surface area contributed by atoms with Gasteiger partial charge in [0.25, 0.3) is 5.91 Å². The van der Waals surface area contributed by atoms with Crippen LogP contribution in [0.2, 0.25) is 5.02 Å². The van der Waals surface area contributed by atoms with Gasteiger partial charge in [-0.3, -0.25) is 9.59 Å². The standard InChI is InChI=1S/C24H25ClN4O3S/c1-3-13-33-24-26-15-19(25)21(29-24)23(31)28-20(14-16-7-5-4-6-8-16)22(30)27-17-9-11-18(32-2)12-10-17/h4-12,15,20H,3,13-14H2,1-2H3,(H,27,30)(H,28,31)/t20-/m0/s1. The summed E-state index contributed by atoms with van der Waals surface area (Å²) in [5.74, 6) is 0.607. The second kappa shape index (κ2) is 12.2. The first-order valence-electron chi connectivity index (χ1n) is 10.4. The second-order valence-electron chi connectivity index (χ2n) is 7.13. The van der Waals surface area contributed by atoms with Crippen molar-refractivity contribution in [1.29, 1.82) is 0 Å². The quantitative estimate of drug-likeness (QED) is 0.322. The molecule has 0 aliphatic rings. The SMILES string of the molecule is CCCSc1ncc(Cl)c(C(=O)N[C@@H](Cc2ccccc2)C(=O)Nc2ccc(OC)cc2)n1. The first-order chi connectivity index (χ1) is 16.0. The molecule has 1 atom stereocenters. The highest BCUT2D eigenvalue weighted by atomic mass is 35.5. The molecule has 1 heterocycles. The van der Waals surface area contributed by atoms with Gasteiger partial charge in [0.2, 0.25) is 5.91 Å². The molecule has 33 heavy (non-hydrogen) atoms. The highest BCUT2D eigenvalue weighted by molar-refractivity contribution is 7.99. The van der Waals surface area contributed by atoms with Crippen LogP contribution >= 0.6 is 23.4 Å². The Morgan fingerprint density at radius 3 is 2.52 bits per heavy atom. The lowest BCUT2D eigenvalue weighted by Gasteiger charge is -2.19. The number of rotatable bonds is 10. The lowest BCUT2D eigenvalue weighted by atomic mass is 10.0. The largest absolute Gasteiger partial charge is 0.497 e. The third-order valence-corrected chi connectivity index (χ3v) is 5.98. The van der Waals surface area contributed by atoms with Gasteiger partial charge in [0, 0.05) is 17.9 Å². The van der Waals surface area contributed by atoms with Gasteiger partial charge in [-0.25, -0.2) is 9.97 Å². The number of hydrogen-bond acceptors (Lipinski definition) is 6. The molecule has 0 unspecified atom stereocenters. The van der Waals surface area contributed by atoms with Crippen LogP contribution < -0.4 is 15.4 Å². The minimum atomic E-state index is -0.847. The average Bonchev–Trinajstić information content (AvgIpc) is 2.84. The van der Waals surface area contributed by atoms with Crippen molar-refractivity contribution in [1.82, 2.24) is 15.3 Å². The second-order valence-corrected chi connectivity index (χ2v) is 8.60. The Kier molecular flexibility index (Phi) is 9.09. The van der Waals surface area contributed by atoms with E-state index in [2.05, 4.69) is 20.6 Å². The molecule has 0 saturated carbocycles. The molecule has 0 aliphatic heterocycles. The molecule has 1 aromatic heterocycles. The molecular formula is C24H25ClN4O3S. The monoisotopic (exact) mass is 484 g/mol. The van der Waals surface area contributed by atoms with Crippen LogP contribution in [0.25, 0.3) is 0 Å². The van der Waals surface area contributed by atoms with E-state index in [1.165, 1.54) is 18.0 Å². The smallest absolute Gasteiger partial charge is 0.272 e. The highest BCUT2D eigenvalue weighted by Gasteiger charge is 2.24. The average molecular weight is 485 g/mol. The summed E-state index contributed by atoms with van der Waals surface area (Å²) in [7, 11) is 1.57. The summed E-state index contributed by atoms with van der Waals surface area (Å²) in [6, 6.07) is 15.6. The molecule has 172 valence electrons. The molecule has 0 bridgehead atoms. The number of methoxy groups -OCH3 is 1. The Hall–Kier alpha value is -3.10. The van der Waals surface area contributed by atoms with Crippen LogP contribution in [0.5, 0.6) is 5.75 Å². The number of anilines is 1. The molecule has 0 saturated heterocycles. The van der Waals surface area contributed by atoms with Crippen LogP contribution in [0.15, 0.2) is 66.0 Å². The summed E-state index contributed by atoms with van der Waals surface area (Å²) in [5.41, 5.74) is 1.53. The normalized spacial score (nSPS) is 11.5. The van der Waals surface area contributed by atoms with Gasteiger partial charge < -0.3 is 15.4 Å². The summed E-state index contributed by atoms with van der Waals surface area (Å²) in [6.07, 6.45) is 2.66. The molecule has 2 aromatic carbocycles. The van der Waals surface area contributed by atoms with Crippen molar-refractivity contribution in [3.8, 4) is 5.75 Å². The number of amides is 2. The number of benzene rings is 2. The molecule has 0 radical (unpaired) electrons. The van der Waals surface area contributed by atoms with E-state index in [1.54, 1.807) is 31.4 Å². The minimum Gasteiger partial charge on any atom is -0.497 e. The maximum atomic E-state index is 13.1. The first kappa shape index (κ1) is 24.5. The zero-order valence-electron chi connectivity index (χ0n) is 18.4. The molecule has 0 aliphatic carbocycles. The Morgan fingerprint density at radius 1 is 1.12 bits per heavy atom. The van der Waals surface area contributed by atoms with Crippen LogP contribution in [0.1, 0.15) is 29.4 Å². The fraction of sp³-hybridized carbons (Fsp3) is 0.250. The van der Waals surface area contributed by atoms with E-state index in [-0.39, 0.29) is 16.6 Å². The molecule has 3 aromatic rings. The summed E-state index contributed by atoms with van der Waals surface area (Å²) >= 11 is 7.64. The van der Waals surface area contributed by atoms with Gasteiger partial charge in [-0.1, -0.05) is 60.6 Å². The van der Waals surface area contributed by atoms with E-state index < -0.39 is 11.9 Å². The number of thioether (sulfide) groups is 1. The molecule has 0 spiro atoms. The molecule has 7 nitrogen and oxygen atoms in total. The molecule has 0 fully saturated rings. The van der Waals surface area contributed by atoms with Crippen LogP contribution in [-0.2, 0) is 11.2 Å². The Bertz CT molecular complexity index is 1080. The minimum absolute atomic E-state index is 0.0422. The van der Waals surface area contributed by atoms with Crippen molar-refractivity contribution in [2.24, 2.45) is 0 Å². The number of nitrogens with zero attached hydrogens (tertiary/aromatic N) is 2. The number of hydrogen-bond donors (Lipinski definition) is 2. The van der Waals surface area contributed by atoms with Crippen molar-refractivity contribution in [3.63, 3.8) is 0 Å². The number of ether oxygens (including phenoxy) is 1. The number of aromatic nitrogens is 2. The Labute approximate surface area is 202 Å². The maximum Gasteiger partial charge on any atom is 0.272 e. The van der Waals surface area contributed by atoms with Gasteiger partial charge in [0.15, 0.2) is 10.9 Å². The Morgan fingerprint density at radius 2 is 1.85 bits per heavy atom. The maximum absolute atomic E-state index is 13.1. The molecule has 3 rings (SSSR count). The summed E-state index contributed by atoms with van der Waals surface area (Å²) in [4.78, 5) is 34.6. The van der Waals surface area contributed by atoms with Crippen LogP contribution in [0.3, 0.4) is 0 Å². The van der Waals surface area contributed by atoms with Gasteiger partial charge in [-0.2, -0.15) is 0 Å². The van der Waals surface area contributed by atoms with Gasteiger partial charge in [-0.15, -0.1) is 0 Å². The fourth-order valence-electron chi connectivity index (χ4n) is 2.96.